The molecule has 0 saturated carbocycles. The van der Waals surface area contributed by atoms with Crippen molar-refractivity contribution in [2.24, 2.45) is 0 Å². The summed E-state index contributed by atoms with van der Waals surface area (Å²) in [5, 5.41) is 3.43. The van der Waals surface area contributed by atoms with Crippen LogP contribution in [0.15, 0.2) is 42.5 Å². The van der Waals surface area contributed by atoms with Gasteiger partial charge in [-0.15, -0.1) is 0 Å². The van der Waals surface area contributed by atoms with Crippen LogP contribution in [0.2, 0.25) is 5.02 Å². The lowest BCUT2D eigenvalue weighted by Crippen LogP contribution is -2.11. The van der Waals surface area contributed by atoms with Gasteiger partial charge >= 0.3 is 0 Å². The Morgan fingerprint density at radius 1 is 1.16 bits per heavy atom. The Morgan fingerprint density at radius 2 is 1.89 bits per heavy atom. The van der Waals surface area contributed by atoms with E-state index in [9.17, 15) is 8.78 Å². The monoisotopic (exact) mass is 281 g/mol. The van der Waals surface area contributed by atoms with Crippen molar-refractivity contribution in [2.45, 2.75) is 19.4 Å². The largest absolute Gasteiger partial charge is 0.377 e. The maximum Gasteiger partial charge on any atom is 0.128 e. The smallest absolute Gasteiger partial charge is 0.128 e. The van der Waals surface area contributed by atoms with Gasteiger partial charge in [0.2, 0.25) is 0 Å². The first-order valence-electron chi connectivity index (χ1n) is 6.08. The van der Waals surface area contributed by atoms with Crippen LogP contribution in [0, 0.1) is 11.6 Å². The molecule has 0 fully saturated rings. The van der Waals surface area contributed by atoms with Crippen molar-refractivity contribution >= 4 is 17.3 Å². The van der Waals surface area contributed by atoms with Crippen molar-refractivity contribution in [2.75, 3.05) is 5.32 Å². The van der Waals surface area contributed by atoms with Gasteiger partial charge in [0.1, 0.15) is 11.6 Å². The highest BCUT2D eigenvalue weighted by Crippen LogP contribution is 2.29. The summed E-state index contributed by atoms with van der Waals surface area (Å²) in [5.41, 5.74) is 1.17. The van der Waals surface area contributed by atoms with Crippen molar-refractivity contribution in [1.29, 1.82) is 0 Å². The molecule has 19 heavy (non-hydrogen) atoms. The highest BCUT2D eigenvalue weighted by Gasteiger charge is 2.14. The molecule has 1 atom stereocenters. The minimum Gasteiger partial charge on any atom is -0.377 e. The maximum absolute atomic E-state index is 13.8. The van der Waals surface area contributed by atoms with E-state index in [1.165, 1.54) is 18.2 Å². The van der Waals surface area contributed by atoms with Gasteiger partial charge in [0.15, 0.2) is 0 Å². The molecule has 2 rings (SSSR count). The van der Waals surface area contributed by atoms with E-state index < -0.39 is 5.82 Å². The zero-order valence-corrected chi connectivity index (χ0v) is 11.2. The van der Waals surface area contributed by atoms with E-state index in [-0.39, 0.29) is 16.9 Å². The van der Waals surface area contributed by atoms with Gasteiger partial charge in [-0.25, -0.2) is 8.78 Å². The number of anilines is 1. The third-order valence-corrected chi connectivity index (χ3v) is 3.26. The molecule has 0 radical (unpaired) electrons. The predicted molar refractivity (Wildman–Crippen MR) is 74.5 cm³/mol. The van der Waals surface area contributed by atoms with Gasteiger partial charge in [-0.2, -0.15) is 0 Å². The first kappa shape index (κ1) is 13.8. The fourth-order valence-electron chi connectivity index (χ4n) is 1.95. The van der Waals surface area contributed by atoms with E-state index in [1.54, 1.807) is 24.3 Å². The third-order valence-electron chi connectivity index (χ3n) is 2.95. The molecule has 2 aromatic rings. The van der Waals surface area contributed by atoms with Crippen LogP contribution >= 0.6 is 11.6 Å². The summed E-state index contributed by atoms with van der Waals surface area (Å²) in [6.45, 7) is 1.95. The van der Waals surface area contributed by atoms with Crippen LogP contribution in [-0.4, -0.2) is 0 Å². The average Bonchev–Trinajstić information content (AvgIpc) is 2.39. The lowest BCUT2D eigenvalue weighted by Gasteiger charge is -2.20. The van der Waals surface area contributed by atoms with Crippen LogP contribution in [0.3, 0.4) is 0 Å². The van der Waals surface area contributed by atoms with Crippen molar-refractivity contribution in [3.8, 4) is 0 Å². The molecule has 0 bridgehead atoms. The second-order valence-corrected chi connectivity index (χ2v) is 4.66. The lowest BCUT2D eigenvalue weighted by atomic mass is 10.0. The number of halogens is 3. The number of hydrogen-bond donors (Lipinski definition) is 1. The highest BCUT2D eigenvalue weighted by molar-refractivity contribution is 6.33. The average molecular weight is 282 g/mol. The molecule has 0 spiro atoms. The molecule has 0 saturated heterocycles. The quantitative estimate of drug-likeness (QED) is 0.814. The van der Waals surface area contributed by atoms with Gasteiger partial charge in [-0.3, -0.25) is 0 Å². The third kappa shape index (κ3) is 3.24. The van der Waals surface area contributed by atoms with E-state index in [0.29, 0.717) is 17.7 Å². The van der Waals surface area contributed by atoms with Crippen LogP contribution in [0.25, 0.3) is 0 Å². The Balaban J connectivity index is 2.27. The Morgan fingerprint density at radius 3 is 2.53 bits per heavy atom. The van der Waals surface area contributed by atoms with E-state index in [0.717, 1.165) is 0 Å². The Bertz CT molecular complexity index is 572. The zero-order chi connectivity index (χ0) is 13.8. The fourth-order valence-corrected chi connectivity index (χ4v) is 2.17. The van der Waals surface area contributed by atoms with Gasteiger partial charge < -0.3 is 5.32 Å². The molecule has 1 nitrogen and oxygen atoms in total. The first-order chi connectivity index (χ1) is 9.11. The van der Waals surface area contributed by atoms with Crippen molar-refractivity contribution in [1.82, 2.24) is 0 Å². The summed E-state index contributed by atoms with van der Waals surface area (Å²) in [6.07, 6.45) is 0.689. The van der Waals surface area contributed by atoms with Crippen LogP contribution in [0.1, 0.15) is 24.9 Å². The minimum absolute atomic E-state index is 0.204. The number of benzene rings is 2. The standard InChI is InChI=1S/C15H14ClF2N/c1-2-14(11-5-3-4-6-13(11)18)19-15-8-7-10(17)9-12(15)16/h3-9,14,19H,2H2,1H3. The summed E-state index contributed by atoms with van der Waals surface area (Å²) in [5.74, 6) is -0.658. The van der Waals surface area contributed by atoms with Crippen molar-refractivity contribution < 1.29 is 8.78 Å². The zero-order valence-electron chi connectivity index (χ0n) is 10.5. The van der Waals surface area contributed by atoms with E-state index >= 15 is 0 Å². The van der Waals surface area contributed by atoms with Gasteiger partial charge in [0, 0.05) is 5.56 Å². The molecular weight excluding hydrogens is 268 g/mol. The normalized spacial score (nSPS) is 12.2. The predicted octanol–water partition coefficient (Wildman–Crippen LogP) is 5.18. The Hall–Kier alpha value is -1.61. The number of nitrogens with one attached hydrogen (secondary N) is 1. The van der Waals surface area contributed by atoms with Gasteiger partial charge in [0.05, 0.1) is 16.8 Å². The molecular formula is C15H14ClF2N. The molecule has 2 aromatic carbocycles. The molecule has 4 heteroatoms. The summed E-state index contributed by atoms with van der Waals surface area (Å²) in [4.78, 5) is 0. The van der Waals surface area contributed by atoms with Crippen molar-refractivity contribution in [3.05, 3.63) is 64.7 Å². The number of hydrogen-bond acceptors (Lipinski definition) is 1. The number of rotatable bonds is 4. The van der Waals surface area contributed by atoms with Crippen LogP contribution in [-0.2, 0) is 0 Å². The Kier molecular flexibility index (Phi) is 4.38. The van der Waals surface area contributed by atoms with Crippen LogP contribution < -0.4 is 5.32 Å². The highest BCUT2D eigenvalue weighted by atomic mass is 35.5. The second-order valence-electron chi connectivity index (χ2n) is 4.25. The Labute approximate surface area is 116 Å². The van der Waals surface area contributed by atoms with E-state index in [2.05, 4.69) is 5.32 Å². The summed E-state index contributed by atoms with van der Waals surface area (Å²) < 4.78 is 26.7. The maximum atomic E-state index is 13.8. The molecule has 0 aliphatic rings. The SMILES string of the molecule is CCC(Nc1ccc(F)cc1Cl)c1ccccc1F. The second kappa shape index (κ2) is 6.02. The molecule has 1 unspecified atom stereocenters. The van der Waals surface area contributed by atoms with E-state index in [4.69, 9.17) is 11.6 Å². The lowest BCUT2D eigenvalue weighted by molar-refractivity contribution is 0.587. The van der Waals surface area contributed by atoms with Crippen LogP contribution in [0.4, 0.5) is 14.5 Å². The molecule has 0 aliphatic carbocycles. The van der Waals surface area contributed by atoms with Crippen molar-refractivity contribution in [3.63, 3.8) is 0 Å². The molecule has 1 N–H and O–H groups in total. The molecule has 0 amide bonds. The fraction of sp³-hybridized carbons (Fsp3) is 0.200. The molecule has 0 aliphatic heterocycles. The summed E-state index contributed by atoms with van der Waals surface area (Å²) >= 11 is 5.96. The molecule has 0 heterocycles. The summed E-state index contributed by atoms with van der Waals surface area (Å²) in [7, 11) is 0. The molecule has 100 valence electrons. The van der Waals surface area contributed by atoms with E-state index in [1.807, 2.05) is 6.92 Å². The van der Waals surface area contributed by atoms with Crippen LogP contribution in [0.5, 0.6) is 0 Å². The first-order valence-corrected chi connectivity index (χ1v) is 6.45. The van der Waals surface area contributed by atoms with Gasteiger partial charge in [-0.05, 0) is 30.7 Å². The van der Waals surface area contributed by atoms with Gasteiger partial charge in [0.25, 0.3) is 0 Å². The topological polar surface area (TPSA) is 12.0 Å². The van der Waals surface area contributed by atoms with Gasteiger partial charge in [-0.1, -0.05) is 36.7 Å². The minimum atomic E-state index is -0.394. The molecule has 0 aromatic heterocycles. The summed E-state index contributed by atoms with van der Waals surface area (Å²) in [6, 6.07) is 10.5.